The van der Waals surface area contributed by atoms with Crippen LogP contribution >= 0.6 is 0 Å². The summed E-state index contributed by atoms with van der Waals surface area (Å²) in [5.74, 6) is 0. The Labute approximate surface area is 107 Å². The van der Waals surface area contributed by atoms with E-state index in [9.17, 15) is 9.18 Å². The van der Waals surface area contributed by atoms with E-state index in [1.54, 1.807) is 19.9 Å². The monoisotopic (exact) mass is 247 g/mol. The Morgan fingerprint density at radius 1 is 1.39 bits per heavy atom. The van der Waals surface area contributed by atoms with Crippen molar-refractivity contribution < 1.29 is 9.18 Å². The molecular weight excluding hydrogens is 229 g/mol. The van der Waals surface area contributed by atoms with Crippen LogP contribution in [0.4, 0.5) is 4.39 Å². The van der Waals surface area contributed by atoms with Crippen molar-refractivity contribution in [3.63, 3.8) is 0 Å². The molecule has 1 aliphatic carbocycles. The molecular formula is C15H18FNO. The van der Waals surface area contributed by atoms with E-state index in [2.05, 4.69) is 4.99 Å². The highest BCUT2D eigenvalue weighted by molar-refractivity contribution is 5.42. The Balaban J connectivity index is 2.41. The van der Waals surface area contributed by atoms with Gasteiger partial charge in [0, 0.05) is 6.42 Å². The summed E-state index contributed by atoms with van der Waals surface area (Å²) in [5, 5.41) is 0. The van der Waals surface area contributed by atoms with Gasteiger partial charge in [0.25, 0.3) is 0 Å². The van der Waals surface area contributed by atoms with Gasteiger partial charge in [-0.05, 0) is 44.2 Å². The van der Waals surface area contributed by atoms with E-state index in [0.717, 1.165) is 30.4 Å². The van der Waals surface area contributed by atoms with Gasteiger partial charge < -0.3 is 0 Å². The molecule has 1 aliphatic rings. The van der Waals surface area contributed by atoms with Crippen LogP contribution in [0.1, 0.15) is 44.2 Å². The molecule has 3 heteroatoms. The summed E-state index contributed by atoms with van der Waals surface area (Å²) in [7, 11) is 0. The fourth-order valence-corrected chi connectivity index (χ4v) is 2.62. The second-order valence-electron chi connectivity index (χ2n) is 5.64. The number of rotatable bonds is 4. The van der Waals surface area contributed by atoms with Crippen LogP contribution in [0.5, 0.6) is 0 Å². The van der Waals surface area contributed by atoms with Gasteiger partial charge in [0.05, 0.1) is 5.54 Å². The molecule has 1 fully saturated rings. The highest BCUT2D eigenvalue weighted by Crippen LogP contribution is 2.46. The predicted molar refractivity (Wildman–Crippen MR) is 69.0 cm³/mol. The molecule has 0 aromatic heterocycles. The molecule has 0 radical (unpaired) electrons. The molecule has 0 heterocycles. The van der Waals surface area contributed by atoms with Crippen LogP contribution in [0.25, 0.3) is 0 Å². The number of aliphatic imine (C=N–C) groups is 1. The van der Waals surface area contributed by atoms with Gasteiger partial charge in [-0.25, -0.2) is 9.18 Å². The maximum Gasteiger partial charge on any atom is 0.235 e. The quantitative estimate of drug-likeness (QED) is 0.589. The van der Waals surface area contributed by atoms with Crippen molar-refractivity contribution in [2.45, 2.75) is 50.7 Å². The standard InChI is InChI=1S/C15H18FNO/c1-14(2,16)10-12-6-3-4-7-13(12)15(17-11-18)8-5-9-15/h3-4,6-7H,5,8-10H2,1-2H3. The summed E-state index contributed by atoms with van der Waals surface area (Å²) in [6.07, 6.45) is 4.79. The molecule has 0 spiro atoms. The average molecular weight is 247 g/mol. The Morgan fingerprint density at radius 3 is 2.56 bits per heavy atom. The molecule has 96 valence electrons. The van der Waals surface area contributed by atoms with E-state index in [4.69, 9.17) is 0 Å². The van der Waals surface area contributed by atoms with Crippen molar-refractivity contribution in [3.05, 3.63) is 35.4 Å². The van der Waals surface area contributed by atoms with Crippen molar-refractivity contribution in [3.8, 4) is 0 Å². The lowest BCUT2D eigenvalue weighted by Gasteiger charge is -2.39. The molecule has 2 rings (SSSR count). The minimum atomic E-state index is -1.26. The second kappa shape index (κ2) is 4.66. The van der Waals surface area contributed by atoms with Gasteiger partial charge in [-0.3, -0.25) is 0 Å². The van der Waals surface area contributed by atoms with Crippen molar-refractivity contribution in [1.82, 2.24) is 0 Å². The van der Waals surface area contributed by atoms with E-state index in [1.807, 2.05) is 24.3 Å². The van der Waals surface area contributed by atoms with Gasteiger partial charge in [0.1, 0.15) is 5.67 Å². The average Bonchev–Trinajstić information content (AvgIpc) is 2.22. The molecule has 0 aliphatic heterocycles. The van der Waals surface area contributed by atoms with Gasteiger partial charge in [-0.1, -0.05) is 24.3 Å². The smallest absolute Gasteiger partial charge is 0.235 e. The molecule has 0 N–H and O–H groups in total. The maximum absolute atomic E-state index is 13.8. The minimum Gasteiger partial charge on any atom is -0.244 e. The van der Waals surface area contributed by atoms with Crippen LogP contribution in [0, 0.1) is 0 Å². The summed E-state index contributed by atoms with van der Waals surface area (Å²) in [4.78, 5) is 14.6. The second-order valence-corrected chi connectivity index (χ2v) is 5.64. The van der Waals surface area contributed by atoms with Gasteiger partial charge >= 0.3 is 0 Å². The highest BCUT2D eigenvalue weighted by atomic mass is 19.1. The molecule has 1 aromatic carbocycles. The van der Waals surface area contributed by atoms with Gasteiger partial charge in [0.15, 0.2) is 0 Å². The number of hydrogen-bond donors (Lipinski definition) is 0. The summed E-state index contributed by atoms with van der Waals surface area (Å²) in [6, 6.07) is 7.71. The molecule has 1 saturated carbocycles. The summed E-state index contributed by atoms with van der Waals surface area (Å²) in [5.41, 5.74) is 0.240. The Hall–Kier alpha value is -1.47. The number of benzene rings is 1. The van der Waals surface area contributed by atoms with Crippen LogP contribution in [0.3, 0.4) is 0 Å². The fraction of sp³-hybridized carbons (Fsp3) is 0.533. The topological polar surface area (TPSA) is 29.4 Å². The fourth-order valence-electron chi connectivity index (χ4n) is 2.62. The Bertz CT molecular complexity index is 480. The van der Waals surface area contributed by atoms with Crippen molar-refractivity contribution in [2.75, 3.05) is 0 Å². The molecule has 0 amide bonds. The molecule has 18 heavy (non-hydrogen) atoms. The van der Waals surface area contributed by atoms with Crippen LogP contribution in [-0.2, 0) is 16.8 Å². The normalized spacial score (nSPS) is 17.7. The summed E-state index contributed by atoms with van der Waals surface area (Å²) >= 11 is 0. The van der Waals surface area contributed by atoms with Gasteiger partial charge in [0.2, 0.25) is 6.08 Å². The number of isocyanates is 1. The molecule has 0 unspecified atom stereocenters. The van der Waals surface area contributed by atoms with Crippen molar-refractivity contribution in [2.24, 2.45) is 4.99 Å². The van der Waals surface area contributed by atoms with Crippen molar-refractivity contribution >= 4 is 6.08 Å². The van der Waals surface area contributed by atoms with Gasteiger partial charge in [-0.15, -0.1) is 0 Å². The zero-order chi connectivity index (χ0) is 13.2. The van der Waals surface area contributed by atoms with Crippen LogP contribution in [0.15, 0.2) is 29.3 Å². The first-order valence-corrected chi connectivity index (χ1v) is 6.33. The molecule has 0 atom stereocenters. The minimum absolute atomic E-state index is 0.347. The number of nitrogens with zero attached hydrogens (tertiary/aromatic N) is 1. The third-order valence-corrected chi connectivity index (χ3v) is 3.57. The largest absolute Gasteiger partial charge is 0.244 e. The van der Waals surface area contributed by atoms with E-state index < -0.39 is 11.2 Å². The molecule has 0 bridgehead atoms. The van der Waals surface area contributed by atoms with Crippen LogP contribution < -0.4 is 0 Å². The third-order valence-electron chi connectivity index (χ3n) is 3.57. The Morgan fingerprint density at radius 2 is 2.06 bits per heavy atom. The number of alkyl halides is 1. The SMILES string of the molecule is CC(C)(F)Cc1ccccc1C1(N=C=O)CCC1. The first-order valence-electron chi connectivity index (χ1n) is 6.33. The van der Waals surface area contributed by atoms with Crippen LogP contribution in [0.2, 0.25) is 0 Å². The molecule has 2 nitrogen and oxygen atoms in total. The number of hydrogen-bond acceptors (Lipinski definition) is 2. The first-order chi connectivity index (χ1) is 8.47. The lowest BCUT2D eigenvalue weighted by Crippen LogP contribution is -2.34. The zero-order valence-corrected chi connectivity index (χ0v) is 10.9. The van der Waals surface area contributed by atoms with E-state index >= 15 is 0 Å². The van der Waals surface area contributed by atoms with E-state index in [1.165, 1.54) is 0 Å². The number of carbonyl (C=O) groups excluding carboxylic acids is 1. The van der Waals surface area contributed by atoms with Gasteiger partial charge in [-0.2, -0.15) is 4.99 Å². The maximum atomic E-state index is 13.8. The lowest BCUT2D eigenvalue weighted by atomic mass is 9.70. The Kier molecular flexibility index (Phi) is 3.36. The van der Waals surface area contributed by atoms with E-state index in [0.29, 0.717) is 6.42 Å². The first kappa shape index (κ1) is 13.0. The lowest BCUT2D eigenvalue weighted by molar-refractivity contribution is 0.211. The van der Waals surface area contributed by atoms with Crippen LogP contribution in [-0.4, -0.2) is 11.7 Å². The summed E-state index contributed by atoms with van der Waals surface area (Å²) < 4.78 is 13.8. The third kappa shape index (κ3) is 2.51. The highest BCUT2D eigenvalue weighted by Gasteiger charge is 2.40. The molecule has 0 saturated heterocycles. The molecule has 1 aromatic rings. The zero-order valence-electron chi connectivity index (χ0n) is 10.9. The van der Waals surface area contributed by atoms with E-state index in [-0.39, 0.29) is 0 Å². The van der Waals surface area contributed by atoms with Crippen molar-refractivity contribution in [1.29, 1.82) is 0 Å². The summed E-state index contributed by atoms with van der Waals surface area (Å²) in [6.45, 7) is 3.14. The predicted octanol–water partition coefficient (Wildman–Crippen LogP) is 3.69. The number of halogens is 1.